The average Bonchev–Trinajstić information content (AvgIpc) is 2.77. The zero-order valence-corrected chi connectivity index (χ0v) is 17.7. The molecule has 1 aliphatic heterocycles. The van der Waals surface area contributed by atoms with Crippen LogP contribution in [-0.4, -0.2) is 51.4 Å². The van der Waals surface area contributed by atoms with Gasteiger partial charge in [0.1, 0.15) is 5.75 Å². The molecule has 29 heavy (non-hydrogen) atoms. The SMILES string of the molecule is CN=C(NCCc1ccccn1)NCC1(c2cc(C)ccc2OC)CCOCC1. The fourth-order valence-electron chi connectivity index (χ4n) is 3.87. The Hall–Kier alpha value is -2.60. The van der Waals surface area contributed by atoms with E-state index in [0.29, 0.717) is 0 Å². The lowest BCUT2D eigenvalue weighted by atomic mass is 9.73. The fourth-order valence-corrected chi connectivity index (χ4v) is 3.87. The summed E-state index contributed by atoms with van der Waals surface area (Å²) in [5.41, 5.74) is 3.51. The molecular weight excluding hydrogens is 364 g/mol. The zero-order chi connectivity index (χ0) is 20.5. The number of aliphatic imine (C=N–C) groups is 1. The first-order chi connectivity index (χ1) is 14.2. The Bertz CT molecular complexity index is 802. The van der Waals surface area contributed by atoms with Gasteiger partial charge in [0.2, 0.25) is 0 Å². The zero-order valence-electron chi connectivity index (χ0n) is 17.7. The van der Waals surface area contributed by atoms with Crippen LogP contribution < -0.4 is 15.4 Å². The molecule has 156 valence electrons. The molecule has 2 aromatic rings. The maximum absolute atomic E-state index is 5.70. The van der Waals surface area contributed by atoms with E-state index < -0.39 is 0 Å². The molecule has 0 radical (unpaired) electrons. The second kappa shape index (κ2) is 10.3. The van der Waals surface area contributed by atoms with Gasteiger partial charge < -0.3 is 20.1 Å². The molecule has 0 spiro atoms. The maximum atomic E-state index is 5.70. The molecule has 1 aromatic heterocycles. The van der Waals surface area contributed by atoms with Gasteiger partial charge in [-0.15, -0.1) is 0 Å². The standard InChI is InChI=1S/C23H32N4O2/c1-18-7-8-21(28-3)20(16-18)23(10-14-29-15-11-23)17-27-22(24-2)26-13-9-19-6-4-5-12-25-19/h4-8,12,16H,9-11,13-15,17H2,1-3H3,(H2,24,26,27). The van der Waals surface area contributed by atoms with Gasteiger partial charge in [-0.2, -0.15) is 0 Å². The lowest BCUT2D eigenvalue weighted by Gasteiger charge is -2.39. The molecular formula is C23H32N4O2. The Morgan fingerprint density at radius 1 is 1.21 bits per heavy atom. The number of methoxy groups -OCH3 is 1. The van der Waals surface area contributed by atoms with E-state index in [2.05, 4.69) is 45.7 Å². The van der Waals surface area contributed by atoms with Gasteiger partial charge in [-0.25, -0.2) is 0 Å². The van der Waals surface area contributed by atoms with Gasteiger partial charge in [0, 0.05) is 62.6 Å². The molecule has 1 saturated heterocycles. The van der Waals surface area contributed by atoms with Crippen molar-refractivity contribution in [3.8, 4) is 5.75 Å². The van der Waals surface area contributed by atoms with E-state index in [-0.39, 0.29) is 5.41 Å². The van der Waals surface area contributed by atoms with Crippen LogP contribution in [0.25, 0.3) is 0 Å². The summed E-state index contributed by atoms with van der Waals surface area (Å²) in [5.74, 6) is 1.75. The molecule has 1 aromatic carbocycles. The number of hydrogen-bond donors (Lipinski definition) is 2. The van der Waals surface area contributed by atoms with E-state index in [4.69, 9.17) is 9.47 Å². The van der Waals surface area contributed by atoms with Crippen LogP contribution in [0.2, 0.25) is 0 Å². The Kier molecular flexibility index (Phi) is 7.47. The molecule has 0 amide bonds. The molecule has 6 heteroatoms. The van der Waals surface area contributed by atoms with Crippen molar-refractivity contribution in [2.45, 2.75) is 31.6 Å². The van der Waals surface area contributed by atoms with E-state index in [0.717, 1.165) is 63.0 Å². The van der Waals surface area contributed by atoms with Crippen LogP contribution in [0.1, 0.15) is 29.7 Å². The summed E-state index contributed by atoms with van der Waals surface area (Å²) in [6.45, 7) is 5.19. The number of hydrogen-bond acceptors (Lipinski definition) is 4. The highest BCUT2D eigenvalue weighted by Gasteiger charge is 2.37. The number of nitrogens with zero attached hydrogens (tertiary/aromatic N) is 2. The van der Waals surface area contributed by atoms with Crippen molar-refractivity contribution in [1.29, 1.82) is 0 Å². The number of aromatic nitrogens is 1. The summed E-state index contributed by atoms with van der Waals surface area (Å²) >= 11 is 0. The molecule has 0 aliphatic carbocycles. The monoisotopic (exact) mass is 396 g/mol. The van der Waals surface area contributed by atoms with Crippen molar-refractivity contribution in [3.05, 3.63) is 59.4 Å². The third-order valence-electron chi connectivity index (χ3n) is 5.59. The molecule has 1 fully saturated rings. The highest BCUT2D eigenvalue weighted by Crippen LogP contribution is 2.40. The first-order valence-corrected chi connectivity index (χ1v) is 10.2. The predicted octanol–water partition coefficient (Wildman–Crippen LogP) is 2.85. The lowest BCUT2D eigenvalue weighted by Crippen LogP contribution is -2.48. The van der Waals surface area contributed by atoms with Gasteiger partial charge in [0.15, 0.2) is 5.96 Å². The molecule has 0 atom stereocenters. The largest absolute Gasteiger partial charge is 0.496 e. The summed E-state index contributed by atoms with van der Waals surface area (Å²) < 4.78 is 11.4. The molecule has 2 N–H and O–H groups in total. The third-order valence-corrected chi connectivity index (χ3v) is 5.59. The first-order valence-electron chi connectivity index (χ1n) is 10.2. The van der Waals surface area contributed by atoms with Gasteiger partial charge in [0.25, 0.3) is 0 Å². The summed E-state index contributed by atoms with van der Waals surface area (Å²) in [5, 5.41) is 6.95. The van der Waals surface area contributed by atoms with E-state index in [9.17, 15) is 0 Å². The Labute approximate surface area is 173 Å². The molecule has 3 rings (SSSR count). The van der Waals surface area contributed by atoms with E-state index in [1.165, 1.54) is 11.1 Å². The molecule has 1 aliphatic rings. The number of nitrogens with one attached hydrogen (secondary N) is 2. The van der Waals surface area contributed by atoms with Gasteiger partial charge >= 0.3 is 0 Å². The normalized spacial score (nSPS) is 16.3. The lowest BCUT2D eigenvalue weighted by molar-refractivity contribution is 0.0505. The van der Waals surface area contributed by atoms with E-state index in [1.54, 1.807) is 14.2 Å². The van der Waals surface area contributed by atoms with Crippen LogP contribution in [-0.2, 0) is 16.6 Å². The molecule has 6 nitrogen and oxygen atoms in total. The van der Waals surface area contributed by atoms with Gasteiger partial charge in [-0.3, -0.25) is 9.98 Å². The maximum Gasteiger partial charge on any atom is 0.191 e. The Morgan fingerprint density at radius 3 is 2.72 bits per heavy atom. The summed E-state index contributed by atoms with van der Waals surface area (Å²) in [4.78, 5) is 8.77. The van der Waals surface area contributed by atoms with Crippen molar-refractivity contribution >= 4 is 5.96 Å². The van der Waals surface area contributed by atoms with Crippen LogP contribution >= 0.6 is 0 Å². The Balaban J connectivity index is 1.68. The average molecular weight is 397 g/mol. The molecule has 0 unspecified atom stereocenters. The fraction of sp³-hybridized carbons (Fsp3) is 0.478. The number of pyridine rings is 1. The summed E-state index contributed by atoms with van der Waals surface area (Å²) in [7, 11) is 3.55. The van der Waals surface area contributed by atoms with Crippen molar-refractivity contribution in [2.75, 3.05) is 40.5 Å². The van der Waals surface area contributed by atoms with Crippen molar-refractivity contribution in [2.24, 2.45) is 4.99 Å². The Morgan fingerprint density at radius 2 is 2.03 bits per heavy atom. The summed E-state index contributed by atoms with van der Waals surface area (Å²) in [6.07, 6.45) is 4.58. The highest BCUT2D eigenvalue weighted by atomic mass is 16.5. The number of rotatable bonds is 7. The number of guanidine groups is 1. The number of ether oxygens (including phenoxy) is 2. The second-order valence-electron chi connectivity index (χ2n) is 7.52. The van der Waals surface area contributed by atoms with Crippen molar-refractivity contribution in [1.82, 2.24) is 15.6 Å². The van der Waals surface area contributed by atoms with Crippen molar-refractivity contribution < 1.29 is 9.47 Å². The third kappa shape index (κ3) is 5.48. The van der Waals surface area contributed by atoms with Crippen molar-refractivity contribution in [3.63, 3.8) is 0 Å². The van der Waals surface area contributed by atoms with Crippen LogP contribution in [0.15, 0.2) is 47.6 Å². The quantitative estimate of drug-likeness (QED) is 0.556. The first kappa shape index (κ1) is 21.1. The van der Waals surface area contributed by atoms with Crippen LogP contribution in [0.5, 0.6) is 5.75 Å². The minimum Gasteiger partial charge on any atom is -0.496 e. The van der Waals surface area contributed by atoms with Crippen LogP contribution in [0.4, 0.5) is 0 Å². The topological polar surface area (TPSA) is 67.8 Å². The summed E-state index contributed by atoms with van der Waals surface area (Å²) in [6, 6.07) is 12.4. The smallest absolute Gasteiger partial charge is 0.191 e. The number of benzene rings is 1. The minimum atomic E-state index is -0.0474. The second-order valence-corrected chi connectivity index (χ2v) is 7.52. The van der Waals surface area contributed by atoms with Gasteiger partial charge in [-0.05, 0) is 38.0 Å². The predicted molar refractivity (Wildman–Crippen MR) is 117 cm³/mol. The van der Waals surface area contributed by atoms with Crippen LogP contribution in [0.3, 0.4) is 0 Å². The molecule has 0 saturated carbocycles. The van der Waals surface area contributed by atoms with Gasteiger partial charge in [0.05, 0.1) is 7.11 Å². The van der Waals surface area contributed by atoms with Crippen LogP contribution in [0, 0.1) is 6.92 Å². The molecule has 0 bridgehead atoms. The highest BCUT2D eigenvalue weighted by molar-refractivity contribution is 5.79. The van der Waals surface area contributed by atoms with E-state index in [1.807, 2.05) is 24.4 Å². The van der Waals surface area contributed by atoms with Gasteiger partial charge in [-0.1, -0.05) is 23.8 Å². The number of aryl methyl sites for hydroxylation is 1. The minimum absolute atomic E-state index is 0.0474. The van der Waals surface area contributed by atoms with E-state index >= 15 is 0 Å². The molecule has 2 heterocycles.